The maximum atomic E-state index is 15.6. The second kappa shape index (κ2) is 8.37. The smallest absolute Gasteiger partial charge is 0.261 e. The maximum Gasteiger partial charge on any atom is 0.273 e. The Kier molecular flexibility index (Phi) is 5.79. The summed E-state index contributed by atoms with van der Waals surface area (Å²) in [6, 6.07) is 9.16. The first-order valence-electron chi connectivity index (χ1n) is 11.1. The predicted octanol–water partition coefficient (Wildman–Crippen LogP) is 6.88. The molecule has 162 valence electrons. The van der Waals surface area contributed by atoms with Gasteiger partial charge in [-0.25, -0.2) is 13.8 Å². The van der Waals surface area contributed by atoms with E-state index in [1.807, 2.05) is 26.0 Å². The highest BCUT2D eigenvalue weighted by Crippen LogP contribution is 2.43. The van der Waals surface area contributed by atoms with Crippen LogP contribution in [-0.4, -0.2) is 15.2 Å². The Morgan fingerprint density at radius 2 is 1.90 bits per heavy atom. The Bertz CT molecular complexity index is 1110. The van der Waals surface area contributed by atoms with E-state index in [9.17, 15) is 5.26 Å². The third-order valence-electron chi connectivity index (χ3n) is 6.88. The van der Waals surface area contributed by atoms with Crippen LogP contribution in [0.3, 0.4) is 0 Å². The molecule has 4 nitrogen and oxygen atoms in total. The largest absolute Gasteiger partial charge is 0.273 e. The Morgan fingerprint density at radius 3 is 2.61 bits per heavy atom. The second-order valence-corrected chi connectivity index (χ2v) is 9.00. The summed E-state index contributed by atoms with van der Waals surface area (Å²) in [6.07, 6.45) is 8.65. The molecule has 0 amide bonds. The van der Waals surface area contributed by atoms with Crippen LogP contribution in [0.15, 0.2) is 36.7 Å². The molecule has 0 saturated heterocycles. The summed E-state index contributed by atoms with van der Waals surface area (Å²) in [5.74, 6) is -2.90. The fourth-order valence-corrected chi connectivity index (χ4v) is 4.63. The monoisotopic (exact) mass is 422 g/mol. The van der Waals surface area contributed by atoms with Gasteiger partial charge >= 0.3 is 0 Å². The van der Waals surface area contributed by atoms with Crippen molar-refractivity contribution < 1.29 is 8.78 Å². The molecule has 1 aliphatic carbocycles. The topological polar surface area (TPSA) is 65.4 Å². The number of alkyl halides is 2. The van der Waals surface area contributed by atoms with E-state index < -0.39 is 11.3 Å². The number of aromatic amines is 1. The Labute approximate surface area is 181 Å². The van der Waals surface area contributed by atoms with Gasteiger partial charge in [0.2, 0.25) is 0 Å². The van der Waals surface area contributed by atoms with Gasteiger partial charge in [0.05, 0.1) is 17.7 Å². The van der Waals surface area contributed by atoms with Gasteiger partial charge < -0.3 is 0 Å². The number of nitrogens with one attached hydrogen (secondary N) is 1. The minimum absolute atomic E-state index is 0.00560. The zero-order valence-corrected chi connectivity index (χ0v) is 18.1. The molecule has 0 spiro atoms. The number of benzene rings is 1. The zero-order chi connectivity index (χ0) is 22.1. The molecule has 1 atom stereocenters. The van der Waals surface area contributed by atoms with Crippen LogP contribution in [-0.2, 0) is 11.3 Å². The molecule has 2 heterocycles. The van der Waals surface area contributed by atoms with Gasteiger partial charge in [0.15, 0.2) is 5.65 Å². The van der Waals surface area contributed by atoms with Crippen LogP contribution in [0.2, 0.25) is 0 Å². The lowest BCUT2D eigenvalue weighted by Gasteiger charge is -2.28. The molecule has 0 radical (unpaired) electrons. The summed E-state index contributed by atoms with van der Waals surface area (Å²) >= 11 is 0. The molecule has 0 aliphatic heterocycles. The van der Waals surface area contributed by atoms with Crippen LogP contribution in [0.25, 0.3) is 22.2 Å². The number of aromatic nitrogens is 3. The van der Waals surface area contributed by atoms with Crippen molar-refractivity contribution in [3.63, 3.8) is 0 Å². The molecule has 1 fully saturated rings. The quantitative estimate of drug-likeness (QED) is 0.471. The van der Waals surface area contributed by atoms with Crippen LogP contribution >= 0.6 is 0 Å². The normalized spacial score (nSPS) is 17.4. The van der Waals surface area contributed by atoms with Gasteiger partial charge in [-0.15, -0.1) is 0 Å². The summed E-state index contributed by atoms with van der Waals surface area (Å²) in [4.78, 5) is 4.26. The first-order chi connectivity index (χ1) is 14.9. The van der Waals surface area contributed by atoms with Gasteiger partial charge in [-0.1, -0.05) is 39.0 Å². The summed E-state index contributed by atoms with van der Waals surface area (Å²) in [5, 5.41) is 17.5. The lowest BCUT2D eigenvalue weighted by molar-refractivity contribution is -0.0335. The van der Waals surface area contributed by atoms with E-state index in [1.165, 1.54) is 0 Å². The molecular formula is C25H28F2N4. The van der Waals surface area contributed by atoms with Gasteiger partial charge in [-0.2, -0.15) is 10.4 Å². The Balaban J connectivity index is 1.84. The van der Waals surface area contributed by atoms with Gasteiger partial charge in [0.25, 0.3) is 5.92 Å². The molecule has 1 saturated carbocycles. The number of H-pyrrole nitrogens is 1. The van der Waals surface area contributed by atoms with Crippen molar-refractivity contribution >= 4 is 11.0 Å². The number of halogens is 2. The van der Waals surface area contributed by atoms with E-state index in [-0.39, 0.29) is 17.9 Å². The SMILES string of the molecule is CCC(C)(C#N)c1cc(-c2ccnc3[nH]ncc23)cc(C(F)(F)CC2CCCCC2)c1. The first-order valence-corrected chi connectivity index (χ1v) is 11.1. The van der Waals surface area contributed by atoms with E-state index in [4.69, 9.17) is 0 Å². The van der Waals surface area contributed by atoms with E-state index in [1.54, 1.807) is 24.5 Å². The van der Waals surface area contributed by atoms with Crippen LogP contribution in [0, 0.1) is 17.2 Å². The van der Waals surface area contributed by atoms with Gasteiger partial charge in [0, 0.05) is 23.6 Å². The molecule has 1 aliphatic rings. The molecular weight excluding hydrogens is 394 g/mol. The minimum atomic E-state index is -2.95. The Hall–Kier alpha value is -2.81. The fourth-order valence-electron chi connectivity index (χ4n) is 4.63. The standard InChI is InChI=1S/C25H28F2N4/c1-3-24(2,16-28)19-11-18(21-9-10-29-23-22(21)15-30-31-23)12-20(13-19)25(26,27)14-17-7-5-4-6-8-17/h9-13,15,17H,3-8,14H2,1-2H3,(H,29,30,31). The first kappa shape index (κ1) is 21.4. The van der Waals surface area contributed by atoms with Gasteiger partial charge in [-0.3, -0.25) is 5.10 Å². The molecule has 4 rings (SSSR count). The number of rotatable bonds is 6. The van der Waals surface area contributed by atoms with Crippen molar-refractivity contribution in [2.24, 2.45) is 5.92 Å². The fraction of sp³-hybridized carbons (Fsp3) is 0.480. The number of hydrogen-bond acceptors (Lipinski definition) is 3. The van der Waals surface area contributed by atoms with E-state index in [0.717, 1.165) is 43.1 Å². The molecule has 1 aromatic carbocycles. The molecule has 3 aromatic rings. The lowest BCUT2D eigenvalue weighted by atomic mass is 9.78. The third-order valence-corrected chi connectivity index (χ3v) is 6.88. The third kappa shape index (κ3) is 4.19. The van der Waals surface area contributed by atoms with Crippen LogP contribution in [0.5, 0.6) is 0 Å². The van der Waals surface area contributed by atoms with Crippen molar-refractivity contribution in [2.45, 2.75) is 70.1 Å². The average Bonchev–Trinajstić information content (AvgIpc) is 3.27. The highest BCUT2D eigenvalue weighted by Gasteiger charge is 2.37. The number of nitriles is 1. The summed E-state index contributed by atoms with van der Waals surface area (Å²) < 4.78 is 31.1. The summed E-state index contributed by atoms with van der Waals surface area (Å²) in [6.45, 7) is 3.73. The van der Waals surface area contributed by atoms with Crippen molar-refractivity contribution in [1.82, 2.24) is 15.2 Å². The van der Waals surface area contributed by atoms with Crippen LogP contribution in [0.1, 0.15) is 69.9 Å². The van der Waals surface area contributed by atoms with Crippen molar-refractivity contribution in [2.75, 3.05) is 0 Å². The highest BCUT2D eigenvalue weighted by atomic mass is 19.3. The average molecular weight is 423 g/mol. The number of pyridine rings is 1. The van der Waals surface area contributed by atoms with Crippen molar-refractivity contribution in [3.8, 4) is 17.2 Å². The number of hydrogen-bond donors (Lipinski definition) is 1. The second-order valence-electron chi connectivity index (χ2n) is 9.00. The molecule has 1 unspecified atom stereocenters. The van der Waals surface area contributed by atoms with Crippen molar-refractivity contribution in [1.29, 1.82) is 5.26 Å². The van der Waals surface area contributed by atoms with E-state index >= 15 is 8.78 Å². The molecule has 0 bridgehead atoms. The van der Waals surface area contributed by atoms with Gasteiger partial charge in [-0.05, 0) is 60.2 Å². The summed E-state index contributed by atoms with van der Waals surface area (Å²) in [7, 11) is 0. The van der Waals surface area contributed by atoms with Crippen LogP contribution < -0.4 is 0 Å². The maximum absolute atomic E-state index is 15.6. The number of fused-ring (bicyclic) bond motifs is 1. The highest BCUT2D eigenvalue weighted by molar-refractivity contribution is 5.92. The van der Waals surface area contributed by atoms with Crippen molar-refractivity contribution in [3.05, 3.63) is 47.8 Å². The molecule has 2 aromatic heterocycles. The predicted molar refractivity (Wildman–Crippen MR) is 118 cm³/mol. The van der Waals surface area contributed by atoms with Crippen LogP contribution in [0.4, 0.5) is 8.78 Å². The van der Waals surface area contributed by atoms with E-state index in [2.05, 4.69) is 21.3 Å². The lowest BCUT2D eigenvalue weighted by Crippen LogP contribution is -2.23. The number of nitrogens with zero attached hydrogens (tertiary/aromatic N) is 3. The molecule has 1 N–H and O–H groups in total. The molecule has 6 heteroatoms. The van der Waals surface area contributed by atoms with E-state index in [0.29, 0.717) is 23.2 Å². The Morgan fingerprint density at radius 1 is 1.16 bits per heavy atom. The summed E-state index contributed by atoms with van der Waals surface area (Å²) in [5.41, 5.74) is 1.84. The minimum Gasteiger partial charge on any atom is -0.261 e. The zero-order valence-electron chi connectivity index (χ0n) is 18.1. The molecule has 31 heavy (non-hydrogen) atoms. The van der Waals surface area contributed by atoms with Gasteiger partial charge in [0.1, 0.15) is 0 Å².